The van der Waals surface area contributed by atoms with E-state index in [0.717, 1.165) is 64.7 Å². The first-order chi connectivity index (χ1) is 13.9. The monoisotopic (exact) mass is 404 g/mol. The van der Waals surface area contributed by atoms with Crippen LogP contribution in [0.4, 0.5) is 4.79 Å². The van der Waals surface area contributed by atoms with Crippen LogP contribution in [-0.2, 0) is 9.59 Å². The van der Waals surface area contributed by atoms with Crippen LogP contribution in [0.15, 0.2) is 0 Å². The minimum absolute atomic E-state index is 0.0631. The quantitative estimate of drug-likeness (QED) is 0.729. The van der Waals surface area contributed by atoms with E-state index >= 15 is 0 Å². The summed E-state index contributed by atoms with van der Waals surface area (Å²) in [7, 11) is 0. The molecule has 0 aromatic heterocycles. The molecule has 0 aromatic carbocycles. The summed E-state index contributed by atoms with van der Waals surface area (Å²) in [5.74, 6) is 0.913. The third-order valence-corrected chi connectivity index (χ3v) is 7.30. The van der Waals surface area contributed by atoms with Crippen molar-refractivity contribution in [2.24, 2.45) is 11.8 Å². The van der Waals surface area contributed by atoms with E-state index in [9.17, 15) is 14.4 Å². The Hall–Kier alpha value is -1.63. The van der Waals surface area contributed by atoms with Crippen molar-refractivity contribution in [2.45, 2.75) is 76.8 Å². The summed E-state index contributed by atoms with van der Waals surface area (Å²) >= 11 is 0. The molecule has 1 atom stereocenters. The van der Waals surface area contributed by atoms with Crippen LogP contribution in [0.5, 0.6) is 0 Å². The highest BCUT2D eigenvalue weighted by Crippen LogP contribution is 2.33. The Morgan fingerprint density at radius 2 is 1.76 bits per heavy atom. The van der Waals surface area contributed by atoms with E-state index in [-0.39, 0.29) is 29.8 Å². The SMILES string of the molecule is CC(C)CN1CCC2(CC1)NC(=O)N([C@H]1CCCN(C(=O)C3CCCC3)C1)C2=O. The van der Waals surface area contributed by atoms with Gasteiger partial charge in [-0.15, -0.1) is 0 Å². The van der Waals surface area contributed by atoms with E-state index in [4.69, 9.17) is 0 Å². The maximum Gasteiger partial charge on any atom is 0.325 e. The smallest absolute Gasteiger partial charge is 0.325 e. The Labute approximate surface area is 174 Å². The van der Waals surface area contributed by atoms with Crippen molar-refractivity contribution in [3.63, 3.8) is 0 Å². The first-order valence-corrected chi connectivity index (χ1v) is 11.6. The van der Waals surface area contributed by atoms with Crippen LogP contribution in [0.2, 0.25) is 0 Å². The second-order valence-electron chi connectivity index (χ2n) is 9.94. The van der Waals surface area contributed by atoms with Crippen molar-refractivity contribution in [3.8, 4) is 0 Å². The zero-order valence-electron chi connectivity index (χ0n) is 18.0. The molecule has 0 aromatic rings. The Bertz CT molecular complexity index is 650. The van der Waals surface area contributed by atoms with Crippen molar-refractivity contribution in [3.05, 3.63) is 0 Å². The van der Waals surface area contributed by atoms with Crippen LogP contribution < -0.4 is 5.32 Å². The molecule has 4 aliphatic rings. The molecule has 4 amide bonds. The molecule has 3 aliphatic heterocycles. The molecule has 1 aliphatic carbocycles. The lowest BCUT2D eigenvalue weighted by Gasteiger charge is -2.39. The number of piperidine rings is 2. The van der Waals surface area contributed by atoms with Gasteiger partial charge in [0.05, 0.1) is 6.04 Å². The molecule has 1 saturated carbocycles. The predicted molar refractivity (Wildman–Crippen MR) is 110 cm³/mol. The highest BCUT2D eigenvalue weighted by atomic mass is 16.2. The number of urea groups is 1. The van der Waals surface area contributed by atoms with Crippen LogP contribution in [0, 0.1) is 11.8 Å². The lowest BCUT2D eigenvalue weighted by molar-refractivity contribution is -0.141. The molecule has 0 bridgehead atoms. The van der Waals surface area contributed by atoms with Crippen molar-refractivity contribution in [2.75, 3.05) is 32.7 Å². The fourth-order valence-corrected chi connectivity index (χ4v) is 5.74. The Balaban J connectivity index is 1.40. The number of carbonyl (C=O) groups is 3. The lowest BCUT2D eigenvalue weighted by atomic mass is 9.86. The minimum atomic E-state index is -0.734. The van der Waals surface area contributed by atoms with Gasteiger partial charge in [-0.25, -0.2) is 4.79 Å². The van der Waals surface area contributed by atoms with Gasteiger partial charge in [-0.3, -0.25) is 14.5 Å². The number of carbonyl (C=O) groups excluding carboxylic acids is 3. The number of hydrogen-bond donors (Lipinski definition) is 1. The van der Waals surface area contributed by atoms with Crippen LogP contribution in [0.1, 0.15) is 65.2 Å². The molecule has 7 nitrogen and oxygen atoms in total. The first kappa shape index (κ1) is 20.6. The summed E-state index contributed by atoms with van der Waals surface area (Å²) < 4.78 is 0. The molecule has 7 heteroatoms. The van der Waals surface area contributed by atoms with Gasteiger partial charge in [0, 0.05) is 38.6 Å². The Kier molecular flexibility index (Phi) is 5.87. The van der Waals surface area contributed by atoms with Gasteiger partial charge in [-0.05, 0) is 44.4 Å². The van der Waals surface area contributed by atoms with Crippen LogP contribution >= 0.6 is 0 Å². The molecule has 3 saturated heterocycles. The fraction of sp³-hybridized carbons (Fsp3) is 0.864. The summed E-state index contributed by atoms with van der Waals surface area (Å²) in [6, 6.07) is -0.442. The number of nitrogens with zero attached hydrogens (tertiary/aromatic N) is 3. The summed E-state index contributed by atoms with van der Waals surface area (Å²) in [6.45, 7) is 8.38. The summed E-state index contributed by atoms with van der Waals surface area (Å²) in [5.41, 5.74) is -0.734. The van der Waals surface area contributed by atoms with Crippen molar-refractivity contribution >= 4 is 17.8 Å². The number of likely N-dealkylation sites (tertiary alicyclic amines) is 2. The van der Waals surface area contributed by atoms with Gasteiger partial charge in [-0.2, -0.15) is 0 Å². The minimum Gasteiger partial charge on any atom is -0.340 e. The molecular formula is C22H36N4O3. The third-order valence-electron chi connectivity index (χ3n) is 7.30. The molecule has 4 fully saturated rings. The second kappa shape index (κ2) is 8.25. The average Bonchev–Trinajstić information content (AvgIpc) is 3.31. The molecule has 3 heterocycles. The molecular weight excluding hydrogens is 368 g/mol. The van der Waals surface area contributed by atoms with Crippen LogP contribution in [0.25, 0.3) is 0 Å². The van der Waals surface area contributed by atoms with Crippen molar-refractivity contribution < 1.29 is 14.4 Å². The molecule has 1 spiro atoms. The van der Waals surface area contributed by atoms with Crippen molar-refractivity contribution in [1.29, 1.82) is 0 Å². The van der Waals surface area contributed by atoms with E-state index in [2.05, 4.69) is 24.1 Å². The fourth-order valence-electron chi connectivity index (χ4n) is 5.74. The molecule has 29 heavy (non-hydrogen) atoms. The molecule has 162 valence electrons. The lowest BCUT2D eigenvalue weighted by Crippen LogP contribution is -2.56. The number of nitrogens with one attached hydrogen (secondary N) is 1. The van der Waals surface area contributed by atoms with Gasteiger partial charge in [0.2, 0.25) is 5.91 Å². The van der Waals surface area contributed by atoms with Crippen LogP contribution in [-0.4, -0.2) is 76.8 Å². The van der Waals surface area contributed by atoms with Gasteiger partial charge in [0.15, 0.2) is 0 Å². The summed E-state index contributed by atoms with van der Waals surface area (Å²) in [6.07, 6.45) is 7.25. The molecule has 0 radical (unpaired) electrons. The zero-order chi connectivity index (χ0) is 20.6. The number of hydrogen-bond acceptors (Lipinski definition) is 4. The van der Waals surface area contributed by atoms with E-state index in [1.54, 1.807) is 0 Å². The highest BCUT2D eigenvalue weighted by molar-refractivity contribution is 6.07. The van der Waals surface area contributed by atoms with Gasteiger partial charge < -0.3 is 15.1 Å². The van der Waals surface area contributed by atoms with E-state index in [1.165, 1.54) is 4.90 Å². The second-order valence-corrected chi connectivity index (χ2v) is 9.94. The maximum atomic E-state index is 13.4. The maximum absolute atomic E-state index is 13.4. The Morgan fingerprint density at radius 1 is 1.07 bits per heavy atom. The molecule has 1 N–H and O–H groups in total. The topological polar surface area (TPSA) is 73.0 Å². The van der Waals surface area contributed by atoms with Gasteiger partial charge in [0.1, 0.15) is 5.54 Å². The van der Waals surface area contributed by atoms with Crippen LogP contribution in [0.3, 0.4) is 0 Å². The van der Waals surface area contributed by atoms with Gasteiger partial charge in [-0.1, -0.05) is 26.7 Å². The largest absolute Gasteiger partial charge is 0.340 e. The highest BCUT2D eigenvalue weighted by Gasteiger charge is 2.54. The van der Waals surface area contributed by atoms with E-state index in [1.807, 2.05) is 4.90 Å². The van der Waals surface area contributed by atoms with Gasteiger partial charge >= 0.3 is 6.03 Å². The summed E-state index contributed by atoms with van der Waals surface area (Å²) in [4.78, 5) is 44.8. The Morgan fingerprint density at radius 3 is 2.41 bits per heavy atom. The number of imide groups is 1. The zero-order valence-corrected chi connectivity index (χ0v) is 18.0. The van der Waals surface area contributed by atoms with E-state index in [0.29, 0.717) is 25.3 Å². The standard InChI is InChI=1S/C22H36N4O3/c1-16(2)14-24-12-9-22(10-13-24)20(28)26(21(29)23-22)18-8-5-11-25(15-18)19(27)17-6-3-4-7-17/h16-18H,3-15H2,1-2H3,(H,23,29)/t18-/m0/s1. The first-order valence-electron chi connectivity index (χ1n) is 11.6. The molecule has 4 rings (SSSR count). The normalized spacial score (nSPS) is 28.6. The number of amides is 4. The average molecular weight is 405 g/mol. The predicted octanol–water partition coefficient (Wildman–Crippen LogP) is 2.21. The number of rotatable bonds is 4. The third kappa shape index (κ3) is 4.03. The van der Waals surface area contributed by atoms with Crippen molar-refractivity contribution in [1.82, 2.24) is 20.0 Å². The summed E-state index contributed by atoms with van der Waals surface area (Å²) in [5, 5.41) is 3.05. The molecule has 0 unspecified atom stereocenters. The van der Waals surface area contributed by atoms with Gasteiger partial charge in [0.25, 0.3) is 5.91 Å². The van der Waals surface area contributed by atoms with E-state index < -0.39 is 5.54 Å².